The molecule has 1 atom stereocenters. The van der Waals surface area contributed by atoms with Crippen molar-refractivity contribution in [3.05, 3.63) is 28.5 Å². The third kappa shape index (κ3) is 3.02. The normalized spacial score (nSPS) is 17.7. The molecule has 1 aliphatic rings. The van der Waals surface area contributed by atoms with Crippen molar-refractivity contribution in [2.45, 2.75) is 45.6 Å². The molecule has 0 bridgehead atoms. The number of aryl methyl sites for hydroxylation is 1. The first-order valence-electron chi connectivity index (χ1n) is 6.51. The summed E-state index contributed by atoms with van der Waals surface area (Å²) in [5.74, 6) is 0.484. The summed E-state index contributed by atoms with van der Waals surface area (Å²) in [6.45, 7) is 3.93. The minimum absolute atomic E-state index is 0.119. The van der Waals surface area contributed by atoms with Crippen LogP contribution in [0.25, 0.3) is 0 Å². The zero-order chi connectivity index (χ0) is 13.1. The fraction of sp³-hybridized carbons (Fsp3) is 0.571. The summed E-state index contributed by atoms with van der Waals surface area (Å²) >= 11 is 6.07. The first kappa shape index (κ1) is 13.3. The van der Waals surface area contributed by atoms with E-state index in [2.05, 4.69) is 17.2 Å². The van der Waals surface area contributed by atoms with Crippen LogP contribution in [0.15, 0.2) is 12.3 Å². The van der Waals surface area contributed by atoms with Crippen LogP contribution < -0.4 is 5.32 Å². The summed E-state index contributed by atoms with van der Waals surface area (Å²) in [4.78, 5) is 16.2. The number of carbonyl (C=O) groups is 1. The van der Waals surface area contributed by atoms with Crippen molar-refractivity contribution in [3.63, 3.8) is 0 Å². The Hall–Kier alpha value is -1.09. The van der Waals surface area contributed by atoms with Crippen molar-refractivity contribution < 1.29 is 4.79 Å². The molecular weight excluding hydrogens is 248 g/mol. The Morgan fingerprint density at radius 1 is 1.50 bits per heavy atom. The molecule has 1 fully saturated rings. The molecule has 1 N–H and O–H groups in total. The van der Waals surface area contributed by atoms with Gasteiger partial charge in [0.25, 0.3) is 5.91 Å². The van der Waals surface area contributed by atoms with Crippen molar-refractivity contribution >= 4 is 17.5 Å². The Morgan fingerprint density at radius 2 is 2.17 bits per heavy atom. The van der Waals surface area contributed by atoms with Gasteiger partial charge in [-0.25, -0.2) is 0 Å². The van der Waals surface area contributed by atoms with Gasteiger partial charge in [-0.15, -0.1) is 0 Å². The lowest BCUT2D eigenvalue weighted by Crippen LogP contribution is -2.37. The van der Waals surface area contributed by atoms with Gasteiger partial charge in [-0.3, -0.25) is 9.78 Å². The number of aromatic nitrogens is 1. The summed E-state index contributed by atoms with van der Waals surface area (Å²) in [5.41, 5.74) is 1.28. The van der Waals surface area contributed by atoms with E-state index in [1.54, 1.807) is 12.3 Å². The maximum Gasteiger partial charge on any atom is 0.254 e. The molecule has 0 spiro atoms. The van der Waals surface area contributed by atoms with Crippen LogP contribution in [-0.4, -0.2) is 16.9 Å². The van der Waals surface area contributed by atoms with E-state index >= 15 is 0 Å². The van der Waals surface area contributed by atoms with Crippen molar-refractivity contribution in [1.82, 2.24) is 10.3 Å². The van der Waals surface area contributed by atoms with Gasteiger partial charge < -0.3 is 5.32 Å². The molecule has 2 rings (SSSR count). The zero-order valence-electron chi connectivity index (χ0n) is 10.9. The van der Waals surface area contributed by atoms with Gasteiger partial charge in [0.1, 0.15) is 0 Å². The van der Waals surface area contributed by atoms with Crippen molar-refractivity contribution in [3.8, 4) is 0 Å². The van der Waals surface area contributed by atoms with Crippen molar-refractivity contribution in [1.29, 1.82) is 0 Å². The Morgan fingerprint density at radius 3 is 2.78 bits per heavy atom. The van der Waals surface area contributed by atoms with Gasteiger partial charge in [0.2, 0.25) is 0 Å². The quantitative estimate of drug-likeness (QED) is 0.912. The highest BCUT2D eigenvalue weighted by molar-refractivity contribution is 6.33. The van der Waals surface area contributed by atoms with Crippen LogP contribution in [0.4, 0.5) is 0 Å². The third-order valence-corrected chi connectivity index (χ3v) is 4.01. The molecule has 18 heavy (non-hydrogen) atoms. The molecule has 1 unspecified atom stereocenters. The summed E-state index contributed by atoms with van der Waals surface area (Å²) < 4.78 is 0. The zero-order valence-corrected chi connectivity index (χ0v) is 11.6. The van der Waals surface area contributed by atoms with Crippen molar-refractivity contribution in [2.75, 3.05) is 0 Å². The predicted molar refractivity (Wildman–Crippen MR) is 72.9 cm³/mol. The molecule has 4 heteroatoms. The SMILES string of the molecule is Cc1cc(Cl)c(C(=O)NC(C)C2CCCC2)cn1. The highest BCUT2D eigenvalue weighted by atomic mass is 35.5. The minimum atomic E-state index is -0.119. The van der Waals surface area contributed by atoms with Crippen LogP contribution >= 0.6 is 11.6 Å². The molecule has 98 valence electrons. The molecule has 1 aromatic rings. The summed E-state index contributed by atoms with van der Waals surface area (Å²) in [6.07, 6.45) is 6.52. The van der Waals surface area contributed by atoms with E-state index < -0.39 is 0 Å². The molecule has 1 heterocycles. The lowest BCUT2D eigenvalue weighted by molar-refractivity contribution is 0.0927. The number of carbonyl (C=O) groups excluding carboxylic acids is 1. The molecule has 1 amide bonds. The fourth-order valence-electron chi connectivity index (χ4n) is 2.55. The molecule has 1 aromatic heterocycles. The lowest BCUT2D eigenvalue weighted by Gasteiger charge is -2.20. The maximum atomic E-state index is 12.1. The molecule has 1 saturated carbocycles. The Kier molecular flexibility index (Phi) is 4.23. The van der Waals surface area contributed by atoms with Gasteiger partial charge in [0, 0.05) is 17.9 Å². The summed E-state index contributed by atoms with van der Waals surface area (Å²) in [7, 11) is 0. The molecule has 0 radical (unpaired) electrons. The average Bonchev–Trinajstić information content (AvgIpc) is 2.81. The van der Waals surface area contributed by atoms with E-state index in [0.29, 0.717) is 16.5 Å². The highest BCUT2D eigenvalue weighted by Gasteiger charge is 2.23. The number of amides is 1. The smallest absolute Gasteiger partial charge is 0.254 e. The van der Waals surface area contributed by atoms with Crippen LogP contribution in [-0.2, 0) is 0 Å². The van der Waals surface area contributed by atoms with Crippen LogP contribution in [0.2, 0.25) is 5.02 Å². The first-order valence-corrected chi connectivity index (χ1v) is 6.88. The number of nitrogens with zero attached hydrogens (tertiary/aromatic N) is 1. The Labute approximate surface area is 113 Å². The van der Waals surface area contributed by atoms with Gasteiger partial charge in [-0.2, -0.15) is 0 Å². The Bertz CT molecular complexity index is 441. The van der Waals surface area contributed by atoms with E-state index in [1.807, 2.05) is 6.92 Å². The fourth-order valence-corrected chi connectivity index (χ4v) is 2.85. The standard InChI is InChI=1S/C14H19ClN2O/c1-9-7-13(15)12(8-16-9)14(18)17-10(2)11-5-3-4-6-11/h7-8,10-11H,3-6H2,1-2H3,(H,17,18). The third-order valence-electron chi connectivity index (χ3n) is 3.70. The predicted octanol–water partition coefficient (Wildman–Crippen LogP) is 3.35. The second kappa shape index (κ2) is 5.70. The van der Waals surface area contributed by atoms with Crippen LogP contribution in [0.1, 0.15) is 48.7 Å². The van der Waals surface area contributed by atoms with Gasteiger partial charge >= 0.3 is 0 Å². The number of hydrogen-bond acceptors (Lipinski definition) is 2. The molecule has 0 aromatic carbocycles. The lowest BCUT2D eigenvalue weighted by atomic mass is 9.99. The van der Waals surface area contributed by atoms with E-state index in [0.717, 1.165) is 5.69 Å². The van der Waals surface area contributed by atoms with Crippen LogP contribution in [0, 0.1) is 12.8 Å². The largest absolute Gasteiger partial charge is 0.349 e. The van der Waals surface area contributed by atoms with Crippen LogP contribution in [0.5, 0.6) is 0 Å². The number of pyridine rings is 1. The number of halogens is 1. The van der Waals surface area contributed by atoms with E-state index in [4.69, 9.17) is 11.6 Å². The second-order valence-electron chi connectivity index (χ2n) is 5.11. The molecule has 0 aliphatic heterocycles. The van der Waals surface area contributed by atoms with E-state index in [1.165, 1.54) is 25.7 Å². The molecular formula is C14H19ClN2O. The topological polar surface area (TPSA) is 42.0 Å². The monoisotopic (exact) mass is 266 g/mol. The molecule has 1 aliphatic carbocycles. The van der Waals surface area contributed by atoms with E-state index in [-0.39, 0.29) is 11.9 Å². The Balaban J connectivity index is 2.02. The second-order valence-corrected chi connectivity index (χ2v) is 5.52. The average molecular weight is 267 g/mol. The molecule has 0 saturated heterocycles. The van der Waals surface area contributed by atoms with Gasteiger partial charge in [0.15, 0.2) is 0 Å². The maximum absolute atomic E-state index is 12.1. The number of rotatable bonds is 3. The summed E-state index contributed by atoms with van der Waals surface area (Å²) in [6, 6.07) is 1.92. The minimum Gasteiger partial charge on any atom is -0.349 e. The van der Waals surface area contributed by atoms with Crippen molar-refractivity contribution in [2.24, 2.45) is 5.92 Å². The summed E-state index contributed by atoms with van der Waals surface area (Å²) in [5, 5.41) is 3.51. The van der Waals surface area contributed by atoms with Gasteiger partial charge in [-0.05, 0) is 38.7 Å². The number of nitrogens with one attached hydrogen (secondary N) is 1. The van der Waals surface area contributed by atoms with Gasteiger partial charge in [-0.1, -0.05) is 24.4 Å². The van der Waals surface area contributed by atoms with Crippen LogP contribution in [0.3, 0.4) is 0 Å². The highest BCUT2D eigenvalue weighted by Crippen LogP contribution is 2.27. The first-order chi connectivity index (χ1) is 8.58. The van der Waals surface area contributed by atoms with E-state index in [9.17, 15) is 4.79 Å². The van der Waals surface area contributed by atoms with Gasteiger partial charge in [0.05, 0.1) is 10.6 Å². The number of hydrogen-bond donors (Lipinski definition) is 1. The molecule has 3 nitrogen and oxygen atoms in total.